The van der Waals surface area contributed by atoms with Gasteiger partial charge >= 0.3 is 173 Å². The second kappa shape index (κ2) is 7.75. The summed E-state index contributed by atoms with van der Waals surface area (Å²) < 4.78 is 3.37. The fourth-order valence-electron chi connectivity index (χ4n) is 5.75. The Kier molecular flexibility index (Phi) is 5.16. The second-order valence-corrected chi connectivity index (χ2v) is 15.8. The molecule has 0 saturated carbocycles. The summed E-state index contributed by atoms with van der Waals surface area (Å²) in [5.41, 5.74) is 8.65. The van der Waals surface area contributed by atoms with Gasteiger partial charge in [-0.05, 0) is 0 Å². The van der Waals surface area contributed by atoms with Gasteiger partial charge in [0.2, 0.25) is 0 Å². The van der Waals surface area contributed by atoms with Crippen LogP contribution < -0.4 is 0 Å². The summed E-state index contributed by atoms with van der Waals surface area (Å²) in [5.74, 6) is 0. The van der Waals surface area contributed by atoms with Crippen molar-refractivity contribution in [2.45, 2.75) is 65.5 Å². The van der Waals surface area contributed by atoms with E-state index in [0.717, 1.165) is 7.25 Å². The third kappa shape index (κ3) is 3.31. The summed E-state index contributed by atoms with van der Waals surface area (Å²) in [7, 11) is 0. The zero-order chi connectivity index (χ0) is 18.2. The predicted molar refractivity (Wildman–Crippen MR) is 113 cm³/mol. The molecule has 0 amide bonds. The van der Waals surface area contributed by atoms with Gasteiger partial charge in [0.15, 0.2) is 0 Å². The van der Waals surface area contributed by atoms with Crippen molar-refractivity contribution >= 4 is 3.21 Å². The molecule has 0 bridgehead atoms. The molecule has 2 atom stereocenters. The predicted octanol–water partition coefficient (Wildman–Crippen LogP) is 7.30. The van der Waals surface area contributed by atoms with Crippen molar-refractivity contribution in [3.05, 3.63) is 82.5 Å². The maximum atomic E-state index is 2.65. The van der Waals surface area contributed by atoms with Gasteiger partial charge in [0, 0.05) is 0 Å². The molecule has 1 aromatic rings. The SMILES string of the molecule is C[C](c1ccccc1)=[Zr]([CH]1C=CC2=C1CCCC2)[CH]1C=CC2=C1CCCC2. The van der Waals surface area contributed by atoms with Crippen LogP contribution in [0.3, 0.4) is 0 Å². The number of hydrogen-bond acceptors (Lipinski definition) is 0. The summed E-state index contributed by atoms with van der Waals surface area (Å²) >= 11 is -1.97. The van der Waals surface area contributed by atoms with Gasteiger partial charge in [-0.25, -0.2) is 0 Å². The number of rotatable bonds is 3. The first-order valence-corrected chi connectivity index (χ1v) is 15.0. The Morgan fingerprint density at radius 3 is 1.81 bits per heavy atom. The Hall–Kier alpha value is -1.07. The van der Waals surface area contributed by atoms with Crippen LogP contribution in [0.15, 0.2) is 76.9 Å². The van der Waals surface area contributed by atoms with Gasteiger partial charge in [-0.2, -0.15) is 0 Å². The third-order valence-electron chi connectivity index (χ3n) is 7.15. The van der Waals surface area contributed by atoms with Crippen molar-refractivity contribution in [3.63, 3.8) is 0 Å². The fourth-order valence-corrected chi connectivity index (χ4v) is 15.2. The molecule has 0 aliphatic heterocycles. The normalized spacial score (nSPS) is 26.4. The van der Waals surface area contributed by atoms with E-state index in [4.69, 9.17) is 0 Å². The summed E-state index contributed by atoms with van der Waals surface area (Å²) in [6, 6.07) is 11.3. The van der Waals surface area contributed by atoms with E-state index in [9.17, 15) is 0 Å². The van der Waals surface area contributed by atoms with Gasteiger partial charge < -0.3 is 0 Å². The van der Waals surface area contributed by atoms with E-state index < -0.39 is 21.3 Å². The average Bonchev–Trinajstić information content (AvgIpc) is 3.34. The van der Waals surface area contributed by atoms with Crippen LogP contribution in [-0.2, 0) is 21.3 Å². The van der Waals surface area contributed by atoms with E-state index in [-0.39, 0.29) is 0 Å². The van der Waals surface area contributed by atoms with E-state index in [1.54, 1.807) is 14.4 Å². The van der Waals surface area contributed by atoms with Crippen molar-refractivity contribution in [3.8, 4) is 0 Å². The first-order valence-electron chi connectivity index (χ1n) is 10.9. The molecule has 0 N–H and O–H groups in total. The monoisotopic (exact) mass is 432 g/mol. The van der Waals surface area contributed by atoms with E-state index in [0.29, 0.717) is 0 Å². The number of benzene rings is 1. The molecule has 1 heteroatoms. The van der Waals surface area contributed by atoms with Crippen LogP contribution in [0, 0.1) is 0 Å². The molecule has 4 aliphatic carbocycles. The Morgan fingerprint density at radius 2 is 1.26 bits per heavy atom. The molecule has 0 saturated heterocycles. The molecule has 0 radical (unpaired) electrons. The van der Waals surface area contributed by atoms with Crippen LogP contribution in [0.25, 0.3) is 0 Å². The van der Waals surface area contributed by atoms with E-state index in [2.05, 4.69) is 61.6 Å². The summed E-state index contributed by atoms with van der Waals surface area (Å²) in [6.07, 6.45) is 21.3. The molecular formula is C26H30Zr. The van der Waals surface area contributed by atoms with Crippen LogP contribution in [0.1, 0.15) is 63.9 Å². The molecule has 5 rings (SSSR count). The van der Waals surface area contributed by atoms with Crippen molar-refractivity contribution < 1.29 is 21.3 Å². The zero-order valence-corrected chi connectivity index (χ0v) is 19.0. The Morgan fingerprint density at radius 1 is 0.741 bits per heavy atom. The van der Waals surface area contributed by atoms with Crippen LogP contribution in [0.2, 0.25) is 7.25 Å². The summed E-state index contributed by atoms with van der Waals surface area (Å²) in [4.78, 5) is 0. The van der Waals surface area contributed by atoms with Crippen molar-refractivity contribution in [1.82, 2.24) is 0 Å². The molecule has 27 heavy (non-hydrogen) atoms. The molecule has 2 unspecified atom stereocenters. The van der Waals surface area contributed by atoms with Crippen molar-refractivity contribution in [1.29, 1.82) is 0 Å². The summed E-state index contributed by atoms with van der Waals surface area (Å²) in [6.45, 7) is 2.49. The Labute approximate surface area is 171 Å². The van der Waals surface area contributed by atoms with Gasteiger partial charge in [-0.1, -0.05) is 0 Å². The first-order chi connectivity index (χ1) is 13.3. The van der Waals surface area contributed by atoms with Gasteiger partial charge in [0.25, 0.3) is 0 Å². The molecule has 4 aliphatic rings. The minimum atomic E-state index is -1.97. The zero-order valence-electron chi connectivity index (χ0n) is 16.5. The molecule has 0 fully saturated rings. The Balaban J connectivity index is 1.64. The molecule has 0 nitrogen and oxygen atoms in total. The fraction of sp³-hybridized carbons (Fsp3) is 0.423. The topological polar surface area (TPSA) is 0 Å². The maximum absolute atomic E-state index is 2.65. The van der Waals surface area contributed by atoms with Gasteiger partial charge in [0.1, 0.15) is 0 Å². The van der Waals surface area contributed by atoms with Crippen LogP contribution in [0.5, 0.6) is 0 Å². The van der Waals surface area contributed by atoms with Crippen LogP contribution in [0.4, 0.5) is 0 Å². The third-order valence-corrected chi connectivity index (χ3v) is 15.9. The molecule has 0 spiro atoms. The van der Waals surface area contributed by atoms with E-state index in [1.807, 2.05) is 11.1 Å². The molecular weight excluding hydrogens is 404 g/mol. The number of hydrogen-bond donors (Lipinski definition) is 0. The minimum absolute atomic E-state index is 0.798. The van der Waals surface area contributed by atoms with Crippen molar-refractivity contribution in [2.24, 2.45) is 0 Å². The molecule has 0 aromatic heterocycles. The second-order valence-electron chi connectivity index (χ2n) is 8.64. The first kappa shape index (κ1) is 18.0. The summed E-state index contributed by atoms with van der Waals surface area (Å²) in [5, 5.41) is 0. The molecule has 138 valence electrons. The molecule has 1 aromatic carbocycles. The standard InChI is InChI=1S/2C9H11.C8H8.Zr/c2*1-2-5-9-7-3-6-8(9)4-1;1-2-8-6-4-3-5-7-8;/h2*3,6-7H,1-2,4-5H2;3-7H,1H3;. The van der Waals surface area contributed by atoms with Gasteiger partial charge in [-0.15, -0.1) is 0 Å². The Bertz CT molecular complexity index is 841. The van der Waals surface area contributed by atoms with Crippen molar-refractivity contribution in [2.75, 3.05) is 0 Å². The average molecular weight is 434 g/mol. The molecule has 0 heterocycles. The van der Waals surface area contributed by atoms with Gasteiger partial charge in [0.05, 0.1) is 0 Å². The van der Waals surface area contributed by atoms with E-state index >= 15 is 0 Å². The van der Waals surface area contributed by atoms with E-state index in [1.165, 1.54) is 56.9 Å². The van der Waals surface area contributed by atoms with Crippen LogP contribution >= 0.6 is 0 Å². The quantitative estimate of drug-likeness (QED) is 0.469. The van der Waals surface area contributed by atoms with Gasteiger partial charge in [-0.3, -0.25) is 0 Å². The van der Waals surface area contributed by atoms with Crippen LogP contribution in [-0.4, -0.2) is 3.21 Å². The number of allylic oxidation sites excluding steroid dienone is 8.